The molecule has 2 rings (SSSR count). The van der Waals surface area contributed by atoms with E-state index in [1.807, 2.05) is 0 Å². The molecule has 0 aliphatic rings. The van der Waals surface area contributed by atoms with E-state index in [2.05, 4.69) is 15.9 Å². The van der Waals surface area contributed by atoms with Crippen molar-refractivity contribution in [2.24, 2.45) is 0 Å². The Labute approximate surface area is 117 Å². The predicted molar refractivity (Wildman–Crippen MR) is 72.0 cm³/mol. The summed E-state index contributed by atoms with van der Waals surface area (Å²) in [5, 5.41) is 10.9. The van der Waals surface area contributed by atoms with Crippen LogP contribution in [0.15, 0.2) is 40.9 Å². The molecule has 0 N–H and O–H groups in total. The maximum absolute atomic E-state index is 13.4. The summed E-state index contributed by atoms with van der Waals surface area (Å²) in [4.78, 5) is 10.4. The molecule has 0 fully saturated rings. The van der Waals surface area contributed by atoms with Crippen LogP contribution in [-0.2, 0) is 0 Å². The monoisotopic (exact) mass is 325 g/mol. The number of benzene rings is 2. The quantitative estimate of drug-likeness (QED) is 0.612. The first-order chi connectivity index (χ1) is 8.97. The molecule has 0 atom stereocenters. The van der Waals surface area contributed by atoms with Crippen molar-refractivity contribution in [3.05, 3.63) is 62.4 Å². The number of nitrogens with zero attached hydrogens (tertiary/aromatic N) is 1. The third-order valence-electron chi connectivity index (χ3n) is 2.43. The van der Waals surface area contributed by atoms with Crippen molar-refractivity contribution in [1.82, 2.24) is 0 Å². The molecule has 2 aromatic rings. The van der Waals surface area contributed by atoms with Crippen molar-refractivity contribution in [2.75, 3.05) is 0 Å². The van der Waals surface area contributed by atoms with Crippen molar-refractivity contribution in [2.45, 2.75) is 6.92 Å². The van der Waals surface area contributed by atoms with Gasteiger partial charge in [-0.05, 0) is 46.6 Å². The van der Waals surface area contributed by atoms with Gasteiger partial charge >= 0.3 is 5.69 Å². The van der Waals surface area contributed by atoms with Crippen molar-refractivity contribution in [1.29, 1.82) is 0 Å². The Kier molecular flexibility index (Phi) is 3.80. The summed E-state index contributed by atoms with van der Waals surface area (Å²) in [7, 11) is 0. The lowest BCUT2D eigenvalue weighted by Crippen LogP contribution is -1.94. The molecule has 0 heterocycles. The summed E-state index contributed by atoms with van der Waals surface area (Å²) < 4.78 is 19.0. The lowest BCUT2D eigenvalue weighted by molar-refractivity contribution is -0.385. The third kappa shape index (κ3) is 3.08. The highest BCUT2D eigenvalue weighted by atomic mass is 79.9. The minimum absolute atomic E-state index is 0.0896. The standard InChI is InChI=1S/C13H9BrFNO3/c1-8-2-5-12(16(17)18)13(6-8)19-9-3-4-10(14)11(15)7-9/h2-7H,1H3. The Morgan fingerprint density at radius 3 is 2.63 bits per heavy atom. The second kappa shape index (κ2) is 5.36. The molecule has 0 amide bonds. The Bertz CT molecular complexity index is 646. The number of rotatable bonds is 3. The van der Waals surface area contributed by atoms with E-state index >= 15 is 0 Å². The Hall–Kier alpha value is -1.95. The van der Waals surface area contributed by atoms with Crippen LogP contribution in [0.1, 0.15) is 5.56 Å². The van der Waals surface area contributed by atoms with Gasteiger partial charge in [-0.1, -0.05) is 6.07 Å². The molecule has 0 spiro atoms. The zero-order chi connectivity index (χ0) is 14.0. The maximum Gasteiger partial charge on any atom is 0.311 e. The van der Waals surface area contributed by atoms with Gasteiger partial charge in [-0.3, -0.25) is 10.1 Å². The lowest BCUT2D eigenvalue weighted by atomic mass is 10.2. The second-order valence-electron chi connectivity index (χ2n) is 3.91. The highest BCUT2D eigenvalue weighted by Gasteiger charge is 2.16. The summed E-state index contributed by atoms with van der Waals surface area (Å²) >= 11 is 3.03. The Balaban J connectivity index is 2.39. The zero-order valence-corrected chi connectivity index (χ0v) is 11.5. The summed E-state index contributed by atoms with van der Waals surface area (Å²) in [6.07, 6.45) is 0. The first-order valence-corrected chi connectivity index (χ1v) is 6.14. The first kappa shape index (κ1) is 13.5. The maximum atomic E-state index is 13.4. The van der Waals surface area contributed by atoms with Gasteiger partial charge in [0.05, 0.1) is 9.40 Å². The molecule has 0 unspecified atom stereocenters. The van der Waals surface area contributed by atoms with E-state index in [0.717, 1.165) is 11.6 Å². The molecule has 0 radical (unpaired) electrons. The van der Waals surface area contributed by atoms with Crippen LogP contribution in [-0.4, -0.2) is 4.92 Å². The zero-order valence-electron chi connectivity index (χ0n) is 9.89. The van der Waals surface area contributed by atoms with E-state index in [9.17, 15) is 14.5 Å². The minimum atomic E-state index is -0.538. The number of aryl methyl sites for hydroxylation is 1. The van der Waals surface area contributed by atoms with Gasteiger partial charge in [0.15, 0.2) is 0 Å². The molecule has 0 aliphatic heterocycles. The fourth-order valence-corrected chi connectivity index (χ4v) is 1.77. The van der Waals surface area contributed by atoms with Gasteiger partial charge in [0, 0.05) is 12.1 Å². The molecule has 4 nitrogen and oxygen atoms in total. The number of hydrogen-bond donors (Lipinski definition) is 0. The van der Waals surface area contributed by atoms with Crippen LogP contribution in [0.25, 0.3) is 0 Å². The van der Waals surface area contributed by atoms with Gasteiger partial charge < -0.3 is 4.74 Å². The summed E-state index contributed by atoms with van der Waals surface area (Å²) in [5.41, 5.74) is 0.659. The highest BCUT2D eigenvalue weighted by Crippen LogP contribution is 2.33. The van der Waals surface area contributed by atoms with E-state index in [1.54, 1.807) is 13.0 Å². The topological polar surface area (TPSA) is 52.4 Å². The van der Waals surface area contributed by atoms with Gasteiger partial charge in [-0.25, -0.2) is 4.39 Å². The smallest absolute Gasteiger partial charge is 0.311 e. The van der Waals surface area contributed by atoms with E-state index in [1.165, 1.54) is 24.3 Å². The van der Waals surface area contributed by atoms with Crippen LogP contribution in [0, 0.1) is 22.9 Å². The minimum Gasteiger partial charge on any atom is -0.450 e. The molecule has 0 aromatic heterocycles. The van der Waals surface area contributed by atoms with Crippen LogP contribution in [0.3, 0.4) is 0 Å². The normalized spacial score (nSPS) is 10.3. The van der Waals surface area contributed by atoms with Gasteiger partial charge in [0.2, 0.25) is 5.75 Å². The Morgan fingerprint density at radius 2 is 2.00 bits per heavy atom. The van der Waals surface area contributed by atoms with Crippen molar-refractivity contribution < 1.29 is 14.1 Å². The average Bonchev–Trinajstić information content (AvgIpc) is 2.33. The Morgan fingerprint density at radius 1 is 1.26 bits per heavy atom. The highest BCUT2D eigenvalue weighted by molar-refractivity contribution is 9.10. The summed E-state index contributed by atoms with van der Waals surface area (Å²) in [5.74, 6) is -0.200. The summed E-state index contributed by atoms with van der Waals surface area (Å²) in [6, 6.07) is 8.69. The molecular formula is C13H9BrFNO3. The SMILES string of the molecule is Cc1ccc([N+](=O)[O-])c(Oc2ccc(Br)c(F)c2)c1. The molecule has 0 saturated carbocycles. The molecule has 0 bridgehead atoms. The number of ether oxygens (including phenoxy) is 1. The molecule has 19 heavy (non-hydrogen) atoms. The van der Waals surface area contributed by atoms with Crippen LogP contribution in [0.4, 0.5) is 10.1 Å². The van der Waals surface area contributed by atoms with Gasteiger partial charge in [0.25, 0.3) is 0 Å². The third-order valence-corrected chi connectivity index (χ3v) is 3.07. The average molecular weight is 326 g/mol. The van der Waals surface area contributed by atoms with Crippen molar-refractivity contribution >= 4 is 21.6 Å². The second-order valence-corrected chi connectivity index (χ2v) is 4.76. The van der Waals surface area contributed by atoms with Crippen LogP contribution in [0.2, 0.25) is 0 Å². The van der Waals surface area contributed by atoms with Gasteiger partial charge in [0.1, 0.15) is 11.6 Å². The largest absolute Gasteiger partial charge is 0.450 e. The molecule has 98 valence electrons. The number of nitro groups is 1. The first-order valence-electron chi connectivity index (χ1n) is 5.35. The van der Waals surface area contributed by atoms with E-state index in [-0.39, 0.29) is 17.2 Å². The summed E-state index contributed by atoms with van der Waals surface area (Å²) in [6.45, 7) is 1.79. The van der Waals surface area contributed by atoms with Crippen molar-refractivity contribution in [3.63, 3.8) is 0 Å². The molecule has 2 aromatic carbocycles. The van der Waals surface area contributed by atoms with Crippen molar-refractivity contribution in [3.8, 4) is 11.5 Å². The van der Waals surface area contributed by atoms with E-state index in [4.69, 9.17) is 4.74 Å². The fraction of sp³-hybridized carbons (Fsp3) is 0.0769. The number of halogens is 2. The predicted octanol–water partition coefficient (Wildman–Crippen LogP) is 4.60. The number of hydrogen-bond acceptors (Lipinski definition) is 3. The van der Waals surface area contributed by atoms with Gasteiger partial charge in [-0.15, -0.1) is 0 Å². The van der Waals surface area contributed by atoms with Gasteiger partial charge in [-0.2, -0.15) is 0 Å². The fourth-order valence-electron chi connectivity index (χ4n) is 1.52. The molecular weight excluding hydrogens is 317 g/mol. The van der Waals surface area contributed by atoms with Crippen LogP contribution < -0.4 is 4.74 Å². The van der Waals surface area contributed by atoms with Crippen LogP contribution in [0.5, 0.6) is 11.5 Å². The molecule has 0 saturated heterocycles. The number of nitro benzene ring substituents is 1. The molecule has 6 heteroatoms. The lowest BCUT2D eigenvalue weighted by Gasteiger charge is -2.07. The van der Waals surface area contributed by atoms with E-state index in [0.29, 0.717) is 4.47 Å². The molecule has 0 aliphatic carbocycles. The van der Waals surface area contributed by atoms with E-state index < -0.39 is 10.7 Å². The van der Waals surface area contributed by atoms with Crippen LogP contribution >= 0.6 is 15.9 Å².